The topological polar surface area (TPSA) is 15.6 Å². The number of aliphatic imine (C=N–C) groups is 1. The van der Waals surface area contributed by atoms with Gasteiger partial charge in [0.2, 0.25) is 0 Å². The minimum absolute atomic E-state index is 1.08. The van der Waals surface area contributed by atoms with Crippen LogP contribution in [0.15, 0.2) is 16.3 Å². The van der Waals surface area contributed by atoms with Gasteiger partial charge in [0.05, 0.1) is 0 Å². The minimum atomic E-state index is 1.08. The van der Waals surface area contributed by atoms with E-state index in [1.54, 1.807) is 0 Å². The van der Waals surface area contributed by atoms with Crippen molar-refractivity contribution in [2.75, 3.05) is 20.1 Å². The van der Waals surface area contributed by atoms with Crippen molar-refractivity contribution in [1.29, 1.82) is 0 Å². The Bertz CT molecular complexity index is 192. The summed E-state index contributed by atoms with van der Waals surface area (Å²) in [5, 5.41) is 0. The summed E-state index contributed by atoms with van der Waals surface area (Å²) in [5.41, 5.74) is 2.70. The van der Waals surface area contributed by atoms with Gasteiger partial charge in [-0.25, -0.2) is 0 Å². The zero-order valence-corrected chi connectivity index (χ0v) is 7.59. The summed E-state index contributed by atoms with van der Waals surface area (Å²) >= 11 is 0. The maximum absolute atomic E-state index is 4.33. The molecule has 0 atom stereocenters. The minimum Gasteiger partial charge on any atom is -0.302 e. The molecule has 0 radical (unpaired) electrons. The largest absolute Gasteiger partial charge is 0.302 e. The van der Waals surface area contributed by atoms with E-state index in [-0.39, 0.29) is 0 Å². The van der Waals surface area contributed by atoms with Crippen LogP contribution in [0.5, 0.6) is 0 Å². The molecule has 0 amide bonds. The van der Waals surface area contributed by atoms with Crippen LogP contribution in [0.2, 0.25) is 0 Å². The Balaban J connectivity index is 2.69. The SMILES string of the molecule is CC=NC1=C(C)CN(C)CC1. The van der Waals surface area contributed by atoms with Crippen molar-refractivity contribution < 1.29 is 0 Å². The zero-order chi connectivity index (χ0) is 8.27. The molecule has 1 heterocycles. The number of nitrogens with zero attached hydrogens (tertiary/aromatic N) is 2. The van der Waals surface area contributed by atoms with Gasteiger partial charge in [0, 0.05) is 31.4 Å². The van der Waals surface area contributed by atoms with Crippen molar-refractivity contribution >= 4 is 6.21 Å². The molecule has 0 aliphatic carbocycles. The highest BCUT2D eigenvalue weighted by Gasteiger charge is 2.10. The molecule has 0 aromatic heterocycles. The summed E-state index contributed by atoms with van der Waals surface area (Å²) in [6.45, 7) is 6.35. The lowest BCUT2D eigenvalue weighted by atomic mass is 10.1. The van der Waals surface area contributed by atoms with Crippen LogP contribution < -0.4 is 0 Å². The predicted octanol–water partition coefficient (Wildman–Crippen LogP) is 1.69. The molecule has 0 unspecified atom stereocenters. The van der Waals surface area contributed by atoms with Gasteiger partial charge in [-0.15, -0.1) is 0 Å². The van der Waals surface area contributed by atoms with Crippen molar-refractivity contribution in [1.82, 2.24) is 4.90 Å². The smallest absolute Gasteiger partial charge is 0.0414 e. The second-order valence-electron chi connectivity index (χ2n) is 3.10. The molecule has 0 saturated carbocycles. The fourth-order valence-corrected chi connectivity index (χ4v) is 1.42. The summed E-state index contributed by atoms with van der Waals surface area (Å²) in [7, 11) is 2.15. The van der Waals surface area contributed by atoms with E-state index in [2.05, 4.69) is 23.9 Å². The second-order valence-corrected chi connectivity index (χ2v) is 3.10. The number of rotatable bonds is 1. The van der Waals surface area contributed by atoms with Gasteiger partial charge < -0.3 is 4.90 Å². The molecule has 11 heavy (non-hydrogen) atoms. The molecule has 0 spiro atoms. The fraction of sp³-hybridized carbons (Fsp3) is 0.667. The van der Waals surface area contributed by atoms with Crippen LogP contribution >= 0.6 is 0 Å². The Kier molecular flexibility index (Phi) is 2.83. The van der Waals surface area contributed by atoms with Crippen molar-refractivity contribution in [2.24, 2.45) is 4.99 Å². The molecule has 2 nitrogen and oxygen atoms in total. The van der Waals surface area contributed by atoms with Crippen LogP contribution in [0.25, 0.3) is 0 Å². The lowest BCUT2D eigenvalue weighted by Gasteiger charge is -2.23. The molecular weight excluding hydrogens is 136 g/mol. The van der Waals surface area contributed by atoms with Crippen molar-refractivity contribution in [2.45, 2.75) is 20.3 Å². The zero-order valence-electron chi connectivity index (χ0n) is 7.59. The highest BCUT2D eigenvalue weighted by atomic mass is 15.1. The quantitative estimate of drug-likeness (QED) is 0.522. The summed E-state index contributed by atoms with van der Waals surface area (Å²) in [5.74, 6) is 0. The van der Waals surface area contributed by atoms with Gasteiger partial charge in [-0.05, 0) is 26.5 Å². The summed E-state index contributed by atoms with van der Waals surface area (Å²) in [6, 6.07) is 0. The first kappa shape index (κ1) is 8.47. The third-order valence-corrected chi connectivity index (χ3v) is 2.01. The molecule has 0 aromatic carbocycles. The van der Waals surface area contributed by atoms with Crippen molar-refractivity contribution in [3.05, 3.63) is 11.3 Å². The average molecular weight is 152 g/mol. The number of hydrogen-bond donors (Lipinski definition) is 0. The summed E-state index contributed by atoms with van der Waals surface area (Å²) in [4.78, 5) is 6.65. The van der Waals surface area contributed by atoms with E-state index in [1.807, 2.05) is 13.1 Å². The summed E-state index contributed by atoms with van der Waals surface area (Å²) in [6.07, 6.45) is 2.98. The average Bonchev–Trinajstić information content (AvgIpc) is 1.95. The Hall–Kier alpha value is -0.630. The first-order valence-electron chi connectivity index (χ1n) is 4.10. The van der Waals surface area contributed by atoms with E-state index in [4.69, 9.17) is 0 Å². The molecule has 1 rings (SSSR count). The molecular formula is C9H16N2. The van der Waals surface area contributed by atoms with Gasteiger partial charge in [0.25, 0.3) is 0 Å². The number of likely N-dealkylation sites (N-methyl/N-ethyl adjacent to an activating group) is 1. The fourth-order valence-electron chi connectivity index (χ4n) is 1.42. The van der Waals surface area contributed by atoms with Gasteiger partial charge >= 0.3 is 0 Å². The molecule has 62 valence electrons. The van der Waals surface area contributed by atoms with Gasteiger partial charge in [0.1, 0.15) is 0 Å². The van der Waals surface area contributed by atoms with Gasteiger partial charge in [-0.1, -0.05) is 0 Å². The standard InChI is InChI=1S/C9H16N2/c1-4-10-9-5-6-11(3)7-8(9)2/h4H,5-7H2,1-3H3. The van der Waals surface area contributed by atoms with E-state index in [9.17, 15) is 0 Å². The molecule has 1 aliphatic rings. The van der Waals surface area contributed by atoms with Crippen LogP contribution in [0.3, 0.4) is 0 Å². The third kappa shape index (κ3) is 2.15. The van der Waals surface area contributed by atoms with Crippen LogP contribution in [0, 0.1) is 0 Å². The van der Waals surface area contributed by atoms with E-state index >= 15 is 0 Å². The monoisotopic (exact) mass is 152 g/mol. The molecule has 0 aromatic rings. The van der Waals surface area contributed by atoms with Gasteiger partial charge in [-0.3, -0.25) is 4.99 Å². The lowest BCUT2D eigenvalue weighted by molar-refractivity contribution is 0.347. The maximum atomic E-state index is 4.33. The maximum Gasteiger partial charge on any atom is 0.0414 e. The van der Waals surface area contributed by atoms with Gasteiger partial charge in [-0.2, -0.15) is 0 Å². The van der Waals surface area contributed by atoms with E-state index < -0.39 is 0 Å². The predicted molar refractivity (Wildman–Crippen MR) is 49.0 cm³/mol. The van der Waals surface area contributed by atoms with E-state index in [1.165, 1.54) is 11.3 Å². The third-order valence-electron chi connectivity index (χ3n) is 2.01. The molecule has 0 N–H and O–H groups in total. The lowest BCUT2D eigenvalue weighted by Crippen LogP contribution is -2.26. The second kappa shape index (κ2) is 3.67. The van der Waals surface area contributed by atoms with Gasteiger partial charge in [0.15, 0.2) is 0 Å². The van der Waals surface area contributed by atoms with Crippen LogP contribution in [-0.2, 0) is 0 Å². The Morgan fingerprint density at radius 1 is 1.55 bits per heavy atom. The van der Waals surface area contributed by atoms with Crippen LogP contribution in [-0.4, -0.2) is 31.3 Å². The van der Waals surface area contributed by atoms with Crippen LogP contribution in [0.4, 0.5) is 0 Å². The highest BCUT2D eigenvalue weighted by Crippen LogP contribution is 2.16. The summed E-state index contributed by atoms with van der Waals surface area (Å²) < 4.78 is 0. The van der Waals surface area contributed by atoms with E-state index in [0.717, 1.165) is 19.5 Å². The molecule has 1 aliphatic heterocycles. The molecule has 0 saturated heterocycles. The number of hydrogen-bond acceptors (Lipinski definition) is 2. The Morgan fingerprint density at radius 2 is 2.27 bits per heavy atom. The normalized spacial score (nSPS) is 21.7. The van der Waals surface area contributed by atoms with E-state index in [0.29, 0.717) is 0 Å². The first-order chi connectivity index (χ1) is 5.24. The molecule has 0 fully saturated rings. The van der Waals surface area contributed by atoms with Crippen LogP contribution in [0.1, 0.15) is 20.3 Å². The highest BCUT2D eigenvalue weighted by molar-refractivity contribution is 5.55. The van der Waals surface area contributed by atoms with Crippen molar-refractivity contribution in [3.63, 3.8) is 0 Å². The Morgan fingerprint density at radius 3 is 2.82 bits per heavy atom. The Labute approximate surface area is 68.6 Å². The molecule has 0 bridgehead atoms. The first-order valence-corrected chi connectivity index (χ1v) is 4.10. The van der Waals surface area contributed by atoms with Crippen molar-refractivity contribution in [3.8, 4) is 0 Å². The molecule has 2 heteroatoms.